The van der Waals surface area contributed by atoms with Crippen molar-refractivity contribution >= 4 is 54.5 Å². The van der Waals surface area contributed by atoms with Gasteiger partial charge in [-0.3, -0.25) is 4.57 Å². The van der Waals surface area contributed by atoms with Crippen LogP contribution in [0, 0.1) is 0 Å². The molecular formula is C40H23F3N2O. The molecule has 0 atom stereocenters. The molecule has 7 aromatic carbocycles. The Hall–Kier alpha value is -5.88. The number of hydrogen-bond acceptors (Lipinski definition) is 2. The van der Waals surface area contributed by atoms with E-state index in [1.54, 1.807) is 0 Å². The highest BCUT2D eigenvalue weighted by Crippen LogP contribution is 2.41. The van der Waals surface area contributed by atoms with Crippen molar-refractivity contribution in [3.63, 3.8) is 0 Å². The number of para-hydroxylation sites is 2. The molecule has 2 heterocycles. The van der Waals surface area contributed by atoms with Crippen molar-refractivity contribution in [2.75, 3.05) is 0 Å². The normalized spacial score (nSPS) is 12.2. The van der Waals surface area contributed by atoms with E-state index in [4.69, 9.17) is 9.40 Å². The van der Waals surface area contributed by atoms with E-state index in [-0.39, 0.29) is 0 Å². The van der Waals surface area contributed by atoms with Crippen LogP contribution in [-0.4, -0.2) is 9.55 Å². The van der Waals surface area contributed by atoms with E-state index in [1.807, 2.05) is 83.4 Å². The van der Waals surface area contributed by atoms with Crippen molar-refractivity contribution in [3.05, 3.63) is 145 Å². The van der Waals surface area contributed by atoms with Gasteiger partial charge in [0, 0.05) is 38.4 Å². The number of furan rings is 1. The summed E-state index contributed by atoms with van der Waals surface area (Å²) in [7, 11) is 0. The van der Waals surface area contributed by atoms with E-state index in [0.29, 0.717) is 11.5 Å². The van der Waals surface area contributed by atoms with Crippen molar-refractivity contribution in [2.24, 2.45) is 0 Å². The van der Waals surface area contributed by atoms with Gasteiger partial charge in [0.2, 0.25) is 0 Å². The highest BCUT2D eigenvalue weighted by molar-refractivity contribution is 6.24. The number of alkyl halides is 3. The van der Waals surface area contributed by atoms with Crippen LogP contribution in [0.2, 0.25) is 0 Å². The monoisotopic (exact) mass is 604 g/mol. The SMILES string of the molecule is FC(F)(F)c1ccc(-n2c(-c3ccc(-c4cccc5c4oc4ccccc45)cc3)nc3c4ccccc4c4ccccc4c32)cc1. The highest BCUT2D eigenvalue weighted by atomic mass is 19.4. The molecule has 0 aliphatic heterocycles. The first kappa shape index (κ1) is 26.5. The zero-order valence-electron chi connectivity index (χ0n) is 24.2. The number of imidazole rings is 1. The van der Waals surface area contributed by atoms with Crippen molar-refractivity contribution in [3.8, 4) is 28.2 Å². The lowest BCUT2D eigenvalue weighted by atomic mass is 10.00. The maximum absolute atomic E-state index is 13.6. The van der Waals surface area contributed by atoms with Crippen LogP contribution in [0.1, 0.15) is 5.56 Å². The topological polar surface area (TPSA) is 31.0 Å². The molecule has 0 aliphatic rings. The number of halogens is 3. The summed E-state index contributed by atoms with van der Waals surface area (Å²) < 4.78 is 48.9. The first-order valence-corrected chi connectivity index (χ1v) is 15.0. The Balaban J connectivity index is 1.29. The Kier molecular flexibility index (Phi) is 5.66. The molecule has 0 radical (unpaired) electrons. The van der Waals surface area contributed by atoms with Gasteiger partial charge in [0.15, 0.2) is 0 Å². The Morgan fingerprint density at radius 3 is 1.83 bits per heavy atom. The maximum atomic E-state index is 13.6. The molecule has 6 heteroatoms. The average molecular weight is 605 g/mol. The van der Waals surface area contributed by atoms with Crippen LogP contribution in [0.5, 0.6) is 0 Å². The lowest BCUT2D eigenvalue weighted by Gasteiger charge is -2.14. The van der Waals surface area contributed by atoms with Gasteiger partial charge < -0.3 is 4.42 Å². The van der Waals surface area contributed by atoms with Crippen LogP contribution in [-0.2, 0) is 6.18 Å². The van der Waals surface area contributed by atoms with Crippen LogP contribution in [0.4, 0.5) is 13.2 Å². The second-order valence-electron chi connectivity index (χ2n) is 11.5. The first-order valence-electron chi connectivity index (χ1n) is 15.0. The second-order valence-corrected chi connectivity index (χ2v) is 11.5. The van der Waals surface area contributed by atoms with Gasteiger partial charge in [-0.25, -0.2) is 4.98 Å². The van der Waals surface area contributed by atoms with Crippen LogP contribution in [0.15, 0.2) is 144 Å². The number of nitrogens with zero attached hydrogens (tertiary/aromatic N) is 2. The van der Waals surface area contributed by atoms with Gasteiger partial charge in [-0.2, -0.15) is 13.2 Å². The minimum Gasteiger partial charge on any atom is -0.455 e. The summed E-state index contributed by atoms with van der Waals surface area (Å²) in [5, 5.41) is 6.21. The molecule has 0 unspecified atom stereocenters. The fourth-order valence-corrected chi connectivity index (χ4v) is 6.72. The molecule has 0 saturated heterocycles. The molecule has 46 heavy (non-hydrogen) atoms. The number of fused-ring (bicyclic) bond motifs is 9. The van der Waals surface area contributed by atoms with Crippen LogP contribution < -0.4 is 0 Å². The van der Waals surface area contributed by atoms with E-state index < -0.39 is 11.7 Å². The van der Waals surface area contributed by atoms with Crippen molar-refractivity contribution in [1.82, 2.24) is 9.55 Å². The summed E-state index contributed by atoms with van der Waals surface area (Å²) in [4.78, 5) is 5.21. The van der Waals surface area contributed by atoms with Crippen molar-refractivity contribution in [1.29, 1.82) is 0 Å². The Morgan fingerprint density at radius 2 is 1.11 bits per heavy atom. The van der Waals surface area contributed by atoms with Crippen LogP contribution in [0.25, 0.3) is 82.7 Å². The molecule has 0 aliphatic carbocycles. The number of benzene rings is 7. The lowest BCUT2D eigenvalue weighted by Crippen LogP contribution is -2.05. The molecule has 220 valence electrons. The third-order valence-electron chi connectivity index (χ3n) is 8.84. The van der Waals surface area contributed by atoms with E-state index in [0.717, 1.165) is 83.3 Å². The van der Waals surface area contributed by atoms with Crippen LogP contribution >= 0.6 is 0 Å². The average Bonchev–Trinajstić information content (AvgIpc) is 3.68. The number of rotatable bonds is 3. The molecule has 0 amide bonds. The van der Waals surface area contributed by atoms with E-state index in [1.165, 1.54) is 12.1 Å². The minimum absolute atomic E-state index is 0.599. The van der Waals surface area contributed by atoms with Crippen molar-refractivity contribution < 1.29 is 17.6 Å². The molecule has 0 spiro atoms. The molecule has 0 saturated carbocycles. The zero-order valence-corrected chi connectivity index (χ0v) is 24.2. The van der Waals surface area contributed by atoms with Gasteiger partial charge in [-0.1, -0.05) is 109 Å². The number of hydrogen-bond donors (Lipinski definition) is 0. The van der Waals surface area contributed by atoms with Gasteiger partial charge in [0.05, 0.1) is 16.6 Å². The predicted molar refractivity (Wildman–Crippen MR) is 179 cm³/mol. The van der Waals surface area contributed by atoms with Gasteiger partial charge >= 0.3 is 6.18 Å². The lowest BCUT2D eigenvalue weighted by molar-refractivity contribution is -0.137. The maximum Gasteiger partial charge on any atom is 0.416 e. The molecular weight excluding hydrogens is 581 g/mol. The summed E-state index contributed by atoms with van der Waals surface area (Å²) in [6.45, 7) is 0. The smallest absolute Gasteiger partial charge is 0.416 e. The quantitative estimate of drug-likeness (QED) is 0.188. The largest absolute Gasteiger partial charge is 0.455 e. The first-order chi connectivity index (χ1) is 22.5. The summed E-state index contributed by atoms with van der Waals surface area (Å²) >= 11 is 0. The predicted octanol–water partition coefficient (Wildman–Crippen LogP) is 11.6. The second kappa shape index (κ2) is 9.81. The molecule has 0 N–H and O–H groups in total. The Morgan fingerprint density at radius 1 is 0.522 bits per heavy atom. The Labute approximate surface area is 260 Å². The van der Waals surface area contributed by atoms with E-state index >= 15 is 0 Å². The molecule has 2 aromatic heterocycles. The molecule has 3 nitrogen and oxygen atoms in total. The standard InChI is InChI=1S/C40H23F3N2O/c41-40(42,43)26-20-22-27(23-21-26)45-37-33-12-4-2-9-30(33)29-8-1-3-11-32(29)36(37)44-39(45)25-18-16-24(17-19-25)28-13-7-14-34-31-10-5-6-15-35(31)46-38(28)34/h1-23H. The minimum atomic E-state index is -4.43. The van der Waals surface area contributed by atoms with Gasteiger partial charge in [-0.05, 0) is 46.7 Å². The third kappa shape index (κ3) is 3.96. The molecule has 9 aromatic rings. The van der Waals surface area contributed by atoms with E-state index in [2.05, 4.69) is 36.4 Å². The van der Waals surface area contributed by atoms with E-state index in [9.17, 15) is 13.2 Å². The van der Waals surface area contributed by atoms with Gasteiger partial charge in [0.1, 0.15) is 17.0 Å². The zero-order chi connectivity index (χ0) is 31.0. The molecule has 9 rings (SSSR count). The van der Waals surface area contributed by atoms with Gasteiger partial charge in [0.25, 0.3) is 0 Å². The Bertz CT molecular complexity index is 2610. The summed E-state index contributed by atoms with van der Waals surface area (Å²) in [5.41, 5.74) is 6.02. The number of aromatic nitrogens is 2. The third-order valence-corrected chi connectivity index (χ3v) is 8.84. The fourth-order valence-electron chi connectivity index (χ4n) is 6.72. The summed E-state index contributed by atoms with van der Waals surface area (Å²) in [6.07, 6.45) is -4.43. The highest BCUT2D eigenvalue weighted by Gasteiger charge is 2.30. The molecule has 0 bridgehead atoms. The molecule has 0 fully saturated rings. The summed E-state index contributed by atoms with van der Waals surface area (Å²) in [5.74, 6) is 0.643. The van der Waals surface area contributed by atoms with Crippen molar-refractivity contribution in [2.45, 2.75) is 6.18 Å². The summed E-state index contributed by atoms with van der Waals surface area (Å²) in [6, 6.07) is 43.8. The van der Waals surface area contributed by atoms with Gasteiger partial charge in [-0.15, -0.1) is 0 Å². The fraction of sp³-hybridized carbons (Fsp3) is 0.0250. The van der Waals surface area contributed by atoms with Crippen LogP contribution in [0.3, 0.4) is 0 Å².